The van der Waals surface area contributed by atoms with Crippen molar-refractivity contribution in [2.45, 2.75) is 26.7 Å². The van der Waals surface area contributed by atoms with Crippen LogP contribution in [0.2, 0.25) is 0 Å². The molecule has 0 saturated carbocycles. The number of para-hydroxylation sites is 1. The van der Waals surface area contributed by atoms with Crippen molar-refractivity contribution in [2.24, 2.45) is 5.92 Å². The highest BCUT2D eigenvalue weighted by Crippen LogP contribution is 2.23. The van der Waals surface area contributed by atoms with Gasteiger partial charge in [-0.25, -0.2) is 0 Å². The van der Waals surface area contributed by atoms with Gasteiger partial charge in [0.15, 0.2) is 5.76 Å². The zero-order valence-electron chi connectivity index (χ0n) is 18.3. The highest BCUT2D eigenvalue weighted by Gasteiger charge is 2.26. The second-order valence-corrected chi connectivity index (χ2v) is 8.35. The van der Waals surface area contributed by atoms with Crippen molar-refractivity contribution >= 4 is 34.4 Å². The van der Waals surface area contributed by atoms with Crippen LogP contribution in [0.15, 0.2) is 52.9 Å². The molecule has 4 rings (SSSR count). The Balaban J connectivity index is 1.23. The number of benzene rings is 2. The fourth-order valence-corrected chi connectivity index (χ4v) is 3.91. The minimum absolute atomic E-state index is 0.114. The number of hydrogen-bond acceptors (Lipinski definition) is 4. The van der Waals surface area contributed by atoms with Gasteiger partial charge < -0.3 is 20.0 Å². The van der Waals surface area contributed by atoms with Crippen LogP contribution in [0.5, 0.6) is 0 Å². The minimum atomic E-state index is -0.675. The molecule has 1 saturated heterocycles. The number of carbonyl (C=O) groups is 3. The molecule has 2 N–H and O–H groups in total. The Morgan fingerprint density at radius 1 is 0.969 bits per heavy atom. The SMILES string of the molecule is Cc1ccc(NC(=O)C(=O)NCC2CCN(C(=O)c3cc4ccccc4o3)CC2)cc1C. The molecule has 7 nitrogen and oxygen atoms in total. The van der Waals surface area contributed by atoms with Gasteiger partial charge in [0, 0.05) is 30.7 Å². The Labute approximate surface area is 186 Å². The zero-order chi connectivity index (χ0) is 22.7. The standard InChI is InChI=1S/C25H27N3O4/c1-16-7-8-20(13-17(16)2)27-24(30)23(29)26-15-18-9-11-28(12-10-18)25(31)22-14-19-5-3-4-6-21(19)32-22/h3-8,13-14,18H,9-12,15H2,1-2H3,(H,26,29)(H,27,30). The van der Waals surface area contributed by atoms with Gasteiger partial charge >= 0.3 is 11.8 Å². The third-order valence-corrected chi connectivity index (χ3v) is 6.06. The summed E-state index contributed by atoms with van der Waals surface area (Å²) in [5.41, 5.74) is 3.47. The molecule has 2 aromatic carbocycles. The van der Waals surface area contributed by atoms with Gasteiger partial charge in [-0.15, -0.1) is 0 Å². The van der Waals surface area contributed by atoms with Crippen LogP contribution < -0.4 is 10.6 Å². The van der Waals surface area contributed by atoms with E-state index < -0.39 is 11.8 Å². The summed E-state index contributed by atoms with van der Waals surface area (Å²) in [6.45, 7) is 5.53. The maximum absolute atomic E-state index is 12.8. The van der Waals surface area contributed by atoms with Crippen molar-refractivity contribution in [3.05, 3.63) is 65.4 Å². The van der Waals surface area contributed by atoms with Crippen LogP contribution in [0.1, 0.15) is 34.5 Å². The first-order chi connectivity index (χ1) is 15.4. The summed E-state index contributed by atoms with van der Waals surface area (Å²) in [7, 11) is 0. The van der Waals surface area contributed by atoms with E-state index in [-0.39, 0.29) is 11.8 Å². The number of amides is 3. The fourth-order valence-electron chi connectivity index (χ4n) is 3.91. The first-order valence-electron chi connectivity index (χ1n) is 10.8. The number of fused-ring (bicyclic) bond motifs is 1. The molecular formula is C25H27N3O4. The predicted octanol–water partition coefficient (Wildman–Crippen LogP) is 3.66. The summed E-state index contributed by atoms with van der Waals surface area (Å²) in [6.07, 6.45) is 1.51. The van der Waals surface area contributed by atoms with Gasteiger partial charge in [-0.3, -0.25) is 14.4 Å². The van der Waals surface area contributed by atoms with E-state index in [0.29, 0.717) is 36.7 Å². The first kappa shape index (κ1) is 21.6. The summed E-state index contributed by atoms with van der Waals surface area (Å²) < 4.78 is 5.69. The number of anilines is 1. The van der Waals surface area contributed by atoms with Crippen molar-refractivity contribution in [1.82, 2.24) is 10.2 Å². The Bertz CT molecular complexity index is 1130. The van der Waals surface area contributed by atoms with E-state index in [9.17, 15) is 14.4 Å². The van der Waals surface area contributed by atoms with Gasteiger partial charge in [0.05, 0.1) is 0 Å². The molecule has 7 heteroatoms. The number of nitrogens with one attached hydrogen (secondary N) is 2. The number of likely N-dealkylation sites (tertiary alicyclic amines) is 1. The topological polar surface area (TPSA) is 91.7 Å². The van der Waals surface area contributed by atoms with Crippen LogP contribution in [0.4, 0.5) is 5.69 Å². The average Bonchev–Trinajstić information content (AvgIpc) is 3.24. The molecule has 0 unspecified atom stereocenters. The van der Waals surface area contributed by atoms with Crippen molar-refractivity contribution in [2.75, 3.05) is 25.0 Å². The molecule has 2 heterocycles. The lowest BCUT2D eigenvalue weighted by molar-refractivity contribution is -0.136. The van der Waals surface area contributed by atoms with Gasteiger partial charge in [0.25, 0.3) is 5.91 Å². The molecular weight excluding hydrogens is 406 g/mol. The number of furan rings is 1. The Hall–Kier alpha value is -3.61. The Morgan fingerprint density at radius 3 is 2.44 bits per heavy atom. The molecule has 3 aromatic rings. The van der Waals surface area contributed by atoms with E-state index in [0.717, 1.165) is 29.4 Å². The molecule has 0 bridgehead atoms. The molecule has 1 aliphatic rings. The van der Waals surface area contributed by atoms with Gasteiger partial charge in [0.1, 0.15) is 5.58 Å². The summed E-state index contributed by atoms with van der Waals surface area (Å²) in [6, 6.07) is 14.9. The van der Waals surface area contributed by atoms with Crippen LogP contribution >= 0.6 is 0 Å². The highest BCUT2D eigenvalue weighted by atomic mass is 16.3. The van der Waals surface area contributed by atoms with E-state index in [1.54, 1.807) is 17.0 Å². The lowest BCUT2D eigenvalue weighted by Crippen LogP contribution is -2.43. The lowest BCUT2D eigenvalue weighted by Gasteiger charge is -2.31. The maximum atomic E-state index is 12.8. The van der Waals surface area contributed by atoms with Crippen LogP contribution in [0.25, 0.3) is 11.0 Å². The third kappa shape index (κ3) is 4.82. The molecule has 0 atom stereocenters. The van der Waals surface area contributed by atoms with E-state index in [4.69, 9.17) is 4.42 Å². The summed E-state index contributed by atoms with van der Waals surface area (Å²) in [5.74, 6) is -0.875. The second kappa shape index (κ2) is 9.26. The minimum Gasteiger partial charge on any atom is -0.451 e. The number of rotatable bonds is 4. The molecule has 32 heavy (non-hydrogen) atoms. The van der Waals surface area contributed by atoms with E-state index >= 15 is 0 Å². The molecule has 1 aromatic heterocycles. The van der Waals surface area contributed by atoms with Crippen molar-refractivity contribution in [3.8, 4) is 0 Å². The van der Waals surface area contributed by atoms with Crippen LogP contribution in [-0.2, 0) is 9.59 Å². The third-order valence-electron chi connectivity index (χ3n) is 6.06. The Morgan fingerprint density at radius 2 is 1.72 bits per heavy atom. The van der Waals surface area contributed by atoms with Gasteiger partial charge in [-0.1, -0.05) is 24.3 Å². The van der Waals surface area contributed by atoms with E-state index in [1.807, 2.05) is 50.2 Å². The number of aryl methyl sites for hydroxylation is 2. The molecule has 3 amide bonds. The summed E-state index contributed by atoms with van der Waals surface area (Å²) in [5, 5.41) is 6.26. The molecule has 0 spiro atoms. The fraction of sp³-hybridized carbons (Fsp3) is 0.320. The molecule has 1 fully saturated rings. The number of piperidine rings is 1. The second-order valence-electron chi connectivity index (χ2n) is 8.35. The zero-order valence-corrected chi connectivity index (χ0v) is 18.3. The monoisotopic (exact) mass is 433 g/mol. The first-order valence-corrected chi connectivity index (χ1v) is 10.8. The molecule has 166 valence electrons. The smallest absolute Gasteiger partial charge is 0.313 e. The van der Waals surface area contributed by atoms with Crippen LogP contribution in [0.3, 0.4) is 0 Å². The van der Waals surface area contributed by atoms with Crippen molar-refractivity contribution in [1.29, 1.82) is 0 Å². The molecule has 1 aliphatic heterocycles. The Kier molecular flexibility index (Phi) is 6.25. The van der Waals surface area contributed by atoms with Gasteiger partial charge in [-0.05, 0) is 68.0 Å². The molecule has 0 radical (unpaired) electrons. The molecule has 0 aliphatic carbocycles. The number of nitrogens with zero attached hydrogens (tertiary/aromatic N) is 1. The van der Waals surface area contributed by atoms with E-state index in [1.165, 1.54) is 0 Å². The quantitative estimate of drug-likeness (QED) is 0.615. The number of hydrogen-bond donors (Lipinski definition) is 2. The average molecular weight is 434 g/mol. The maximum Gasteiger partial charge on any atom is 0.313 e. The lowest BCUT2D eigenvalue weighted by atomic mass is 9.96. The summed E-state index contributed by atoms with van der Waals surface area (Å²) >= 11 is 0. The van der Waals surface area contributed by atoms with E-state index in [2.05, 4.69) is 10.6 Å². The van der Waals surface area contributed by atoms with Crippen LogP contribution in [0, 0.1) is 19.8 Å². The highest BCUT2D eigenvalue weighted by molar-refractivity contribution is 6.39. The van der Waals surface area contributed by atoms with Gasteiger partial charge in [-0.2, -0.15) is 0 Å². The normalized spacial score (nSPS) is 14.4. The van der Waals surface area contributed by atoms with Gasteiger partial charge in [0.2, 0.25) is 0 Å². The largest absolute Gasteiger partial charge is 0.451 e. The summed E-state index contributed by atoms with van der Waals surface area (Å²) in [4.78, 5) is 38.9. The van der Waals surface area contributed by atoms with Crippen molar-refractivity contribution < 1.29 is 18.8 Å². The van der Waals surface area contributed by atoms with Crippen molar-refractivity contribution in [3.63, 3.8) is 0 Å². The predicted molar refractivity (Wildman–Crippen MR) is 122 cm³/mol. The number of carbonyl (C=O) groups excluding carboxylic acids is 3. The van der Waals surface area contributed by atoms with Crippen LogP contribution in [-0.4, -0.2) is 42.3 Å².